The van der Waals surface area contributed by atoms with Crippen molar-refractivity contribution >= 4 is 0 Å². The van der Waals surface area contributed by atoms with Gasteiger partial charge >= 0.3 is 12.1 Å². The highest BCUT2D eigenvalue weighted by atomic mass is 19.4. The molecule has 1 aromatic heterocycles. The first-order chi connectivity index (χ1) is 5.95. The normalized spacial score (nSPS) is 14.2. The highest BCUT2D eigenvalue weighted by Gasteiger charge is 2.38. The van der Waals surface area contributed by atoms with Gasteiger partial charge < -0.3 is 4.42 Å². The number of alkyl halides is 3. The molecule has 0 fully saturated rings. The molecule has 0 amide bonds. The molecule has 0 bridgehead atoms. The van der Waals surface area contributed by atoms with Gasteiger partial charge in [-0.25, -0.2) is 0 Å². The molecule has 1 rings (SSSR count). The molecule has 72 valence electrons. The van der Waals surface area contributed by atoms with Crippen LogP contribution in [-0.2, 0) is 6.18 Å². The van der Waals surface area contributed by atoms with Crippen molar-refractivity contribution in [1.29, 1.82) is 0 Å². The van der Waals surface area contributed by atoms with E-state index in [1.165, 1.54) is 6.08 Å². The average Bonchev–Trinajstić information content (AvgIpc) is 2.50. The van der Waals surface area contributed by atoms with Crippen LogP contribution in [0.1, 0.15) is 24.6 Å². The van der Waals surface area contributed by atoms with Gasteiger partial charge in [-0.1, -0.05) is 13.0 Å². The van der Waals surface area contributed by atoms with E-state index < -0.39 is 12.1 Å². The summed E-state index contributed by atoms with van der Waals surface area (Å²) < 4.78 is 40.2. The van der Waals surface area contributed by atoms with Crippen molar-refractivity contribution in [3.05, 3.63) is 24.4 Å². The Bertz CT molecular complexity index is 305. The van der Waals surface area contributed by atoms with Crippen LogP contribution in [0, 0.1) is 0 Å². The van der Waals surface area contributed by atoms with Crippen LogP contribution in [0.2, 0.25) is 0 Å². The Morgan fingerprint density at radius 1 is 1.46 bits per heavy atom. The molecule has 6 heteroatoms. The van der Waals surface area contributed by atoms with Crippen molar-refractivity contribution in [2.75, 3.05) is 0 Å². The Morgan fingerprint density at radius 2 is 2.08 bits per heavy atom. The number of hydrogen-bond acceptors (Lipinski definition) is 3. The van der Waals surface area contributed by atoms with Crippen molar-refractivity contribution in [2.45, 2.75) is 19.0 Å². The van der Waals surface area contributed by atoms with E-state index in [9.17, 15) is 13.2 Å². The molecular formula is C7H7F3N2O. The zero-order valence-corrected chi connectivity index (χ0v) is 6.80. The van der Waals surface area contributed by atoms with Gasteiger partial charge in [-0.2, -0.15) is 13.2 Å². The Kier molecular flexibility index (Phi) is 2.40. The van der Waals surface area contributed by atoms with Gasteiger partial charge in [-0.15, -0.1) is 16.8 Å². The smallest absolute Gasteiger partial charge is 0.417 e. The molecule has 0 saturated heterocycles. The molecule has 0 spiro atoms. The predicted molar refractivity (Wildman–Crippen MR) is 37.9 cm³/mol. The molecule has 0 radical (unpaired) electrons. The second-order valence-corrected chi connectivity index (χ2v) is 2.47. The molecule has 13 heavy (non-hydrogen) atoms. The highest BCUT2D eigenvalue weighted by Crippen LogP contribution is 2.29. The van der Waals surface area contributed by atoms with Gasteiger partial charge in [0, 0.05) is 0 Å². The van der Waals surface area contributed by atoms with Crippen LogP contribution in [0.3, 0.4) is 0 Å². The highest BCUT2D eigenvalue weighted by molar-refractivity contribution is 4.99. The summed E-state index contributed by atoms with van der Waals surface area (Å²) in [7, 11) is 0. The van der Waals surface area contributed by atoms with Crippen LogP contribution >= 0.6 is 0 Å². The van der Waals surface area contributed by atoms with Crippen molar-refractivity contribution in [3.63, 3.8) is 0 Å². The average molecular weight is 192 g/mol. The van der Waals surface area contributed by atoms with E-state index in [4.69, 9.17) is 0 Å². The lowest BCUT2D eigenvalue weighted by Gasteiger charge is -1.99. The van der Waals surface area contributed by atoms with Gasteiger partial charge in [-0.05, 0) is 0 Å². The van der Waals surface area contributed by atoms with Crippen molar-refractivity contribution in [3.8, 4) is 0 Å². The number of aromatic nitrogens is 2. The summed E-state index contributed by atoms with van der Waals surface area (Å²) in [4.78, 5) is 0. The Morgan fingerprint density at radius 3 is 2.46 bits per heavy atom. The van der Waals surface area contributed by atoms with E-state index in [1.54, 1.807) is 6.92 Å². The summed E-state index contributed by atoms with van der Waals surface area (Å²) in [5.74, 6) is -1.78. The molecule has 0 saturated carbocycles. The zero-order chi connectivity index (χ0) is 10.1. The maximum atomic E-state index is 11.9. The summed E-state index contributed by atoms with van der Waals surface area (Å²) in [6.45, 7) is 5.01. The molecule has 1 atom stereocenters. The molecular weight excluding hydrogens is 185 g/mol. The van der Waals surface area contributed by atoms with Crippen LogP contribution in [0.4, 0.5) is 13.2 Å². The van der Waals surface area contributed by atoms with Gasteiger partial charge in [-0.3, -0.25) is 0 Å². The molecule has 1 aromatic rings. The Labute approximate surface area is 72.3 Å². The minimum absolute atomic E-state index is 0.0812. The van der Waals surface area contributed by atoms with Crippen LogP contribution in [0.15, 0.2) is 17.1 Å². The molecule has 0 N–H and O–H groups in total. The second-order valence-electron chi connectivity index (χ2n) is 2.47. The molecule has 1 unspecified atom stereocenters. The van der Waals surface area contributed by atoms with Crippen LogP contribution in [-0.4, -0.2) is 10.2 Å². The van der Waals surface area contributed by atoms with Crippen LogP contribution < -0.4 is 0 Å². The molecule has 1 heterocycles. The van der Waals surface area contributed by atoms with Gasteiger partial charge in [0.25, 0.3) is 0 Å². The third-order valence-corrected chi connectivity index (χ3v) is 1.43. The summed E-state index contributed by atoms with van der Waals surface area (Å²) in [5.41, 5.74) is 0. The van der Waals surface area contributed by atoms with Gasteiger partial charge in [0.2, 0.25) is 5.89 Å². The third kappa shape index (κ3) is 2.07. The van der Waals surface area contributed by atoms with Gasteiger partial charge in [0.05, 0.1) is 5.92 Å². The number of halogens is 3. The molecule has 0 aromatic carbocycles. The lowest BCUT2D eigenvalue weighted by molar-refractivity contribution is -0.157. The largest absolute Gasteiger partial charge is 0.470 e. The molecule has 0 aliphatic rings. The van der Waals surface area contributed by atoms with E-state index in [0.29, 0.717) is 0 Å². The zero-order valence-electron chi connectivity index (χ0n) is 6.80. The fraction of sp³-hybridized carbons (Fsp3) is 0.429. The molecule has 0 aliphatic carbocycles. The quantitative estimate of drug-likeness (QED) is 0.675. The first kappa shape index (κ1) is 9.76. The second kappa shape index (κ2) is 3.20. The predicted octanol–water partition coefficient (Wildman–Crippen LogP) is 2.38. The van der Waals surface area contributed by atoms with Gasteiger partial charge in [0.1, 0.15) is 0 Å². The summed E-state index contributed by atoms with van der Waals surface area (Å²) in [6.07, 6.45) is -3.15. The van der Waals surface area contributed by atoms with Gasteiger partial charge in [0.15, 0.2) is 0 Å². The number of rotatable bonds is 2. The van der Waals surface area contributed by atoms with Crippen molar-refractivity contribution in [1.82, 2.24) is 10.2 Å². The first-order valence-corrected chi connectivity index (χ1v) is 3.48. The minimum atomic E-state index is -4.58. The summed E-state index contributed by atoms with van der Waals surface area (Å²) >= 11 is 0. The minimum Gasteiger partial charge on any atom is -0.417 e. The topological polar surface area (TPSA) is 38.9 Å². The fourth-order valence-electron chi connectivity index (χ4n) is 0.634. The number of hydrogen-bond donors (Lipinski definition) is 0. The van der Waals surface area contributed by atoms with E-state index >= 15 is 0 Å². The third-order valence-electron chi connectivity index (χ3n) is 1.43. The SMILES string of the molecule is C=CC(C)c1nnc(C(F)(F)F)o1. The lowest BCUT2D eigenvalue weighted by atomic mass is 10.2. The van der Waals surface area contributed by atoms with Crippen molar-refractivity contribution in [2.24, 2.45) is 0 Å². The van der Waals surface area contributed by atoms with E-state index in [-0.39, 0.29) is 11.8 Å². The maximum absolute atomic E-state index is 11.9. The van der Waals surface area contributed by atoms with Crippen LogP contribution in [0.5, 0.6) is 0 Å². The van der Waals surface area contributed by atoms with Crippen molar-refractivity contribution < 1.29 is 17.6 Å². The summed E-state index contributed by atoms with van der Waals surface area (Å²) in [5, 5.41) is 6.11. The van der Waals surface area contributed by atoms with E-state index in [0.717, 1.165) is 0 Å². The molecule has 0 aliphatic heterocycles. The summed E-state index contributed by atoms with van der Waals surface area (Å²) in [6, 6.07) is 0. The standard InChI is InChI=1S/C7H7F3N2O/c1-3-4(2)5-11-12-6(13-5)7(8,9)10/h3-4H,1H2,2H3. The van der Waals surface area contributed by atoms with Crippen LogP contribution in [0.25, 0.3) is 0 Å². The van der Waals surface area contributed by atoms with E-state index in [1.807, 2.05) is 0 Å². The fourth-order valence-corrected chi connectivity index (χ4v) is 0.634. The first-order valence-electron chi connectivity index (χ1n) is 3.48. The maximum Gasteiger partial charge on any atom is 0.470 e. The molecule has 3 nitrogen and oxygen atoms in total. The van der Waals surface area contributed by atoms with E-state index in [2.05, 4.69) is 21.2 Å². The monoisotopic (exact) mass is 192 g/mol. The number of nitrogens with zero attached hydrogens (tertiary/aromatic N) is 2. The number of allylic oxidation sites excluding steroid dienone is 1. The Hall–Kier alpha value is -1.33. The Balaban J connectivity index is 2.93. The lowest BCUT2D eigenvalue weighted by Crippen LogP contribution is -2.04.